The van der Waals surface area contributed by atoms with Crippen molar-refractivity contribution in [3.63, 3.8) is 0 Å². The highest BCUT2D eigenvalue weighted by Crippen LogP contribution is 2.13. The highest BCUT2D eigenvalue weighted by Gasteiger charge is 2.21. The Hall–Kier alpha value is -2.09. The average Bonchev–Trinajstić information content (AvgIpc) is 2.34. The number of amides is 2. The quantitative estimate of drug-likeness (QED) is 0.805. The molecule has 0 heterocycles. The molecule has 1 unspecified atom stereocenters. The van der Waals surface area contributed by atoms with Crippen LogP contribution in [0.15, 0.2) is 30.3 Å². The van der Waals surface area contributed by atoms with Crippen molar-refractivity contribution in [3.8, 4) is 0 Å². The van der Waals surface area contributed by atoms with Crippen LogP contribution in [0.2, 0.25) is 0 Å². The summed E-state index contributed by atoms with van der Waals surface area (Å²) in [4.78, 5) is 24.1. The van der Waals surface area contributed by atoms with Crippen LogP contribution in [0, 0.1) is 0 Å². The molecule has 0 saturated heterocycles. The summed E-state index contributed by atoms with van der Waals surface area (Å²) < 4.78 is 22.4. The summed E-state index contributed by atoms with van der Waals surface area (Å²) in [6.07, 6.45) is 1.07. The zero-order chi connectivity index (χ0) is 16.0. The molecule has 0 aliphatic heterocycles. The van der Waals surface area contributed by atoms with Crippen molar-refractivity contribution < 1.29 is 23.1 Å². The number of hydrogen-bond donors (Lipinski definition) is 2. The number of aliphatic carboxylic acids is 1. The van der Waals surface area contributed by atoms with Gasteiger partial charge in [0.25, 0.3) is 0 Å². The van der Waals surface area contributed by atoms with E-state index in [0.717, 1.165) is 11.2 Å². The Labute approximate surface area is 123 Å². The molecule has 0 bridgehead atoms. The molecule has 0 aliphatic rings. The number of urea groups is 1. The Morgan fingerprint density at radius 2 is 1.86 bits per heavy atom. The van der Waals surface area contributed by atoms with E-state index in [9.17, 15) is 18.0 Å². The molecule has 0 saturated carbocycles. The Morgan fingerprint density at radius 3 is 2.33 bits per heavy atom. The highest BCUT2D eigenvalue weighted by atomic mass is 32.2. The number of rotatable bonds is 6. The fourth-order valence-corrected chi connectivity index (χ4v) is 2.80. The monoisotopic (exact) mass is 314 g/mol. The van der Waals surface area contributed by atoms with E-state index in [1.54, 1.807) is 37.3 Å². The summed E-state index contributed by atoms with van der Waals surface area (Å²) in [5.41, 5.74) is 0.420. The molecule has 0 aromatic heterocycles. The third kappa shape index (κ3) is 6.26. The van der Waals surface area contributed by atoms with Crippen LogP contribution in [0.1, 0.15) is 6.92 Å². The van der Waals surface area contributed by atoms with Crippen LogP contribution in [-0.4, -0.2) is 50.1 Å². The van der Waals surface area contributed by atoms with Crippen LogP contribution < -0.4 is 10.2 Å². The first-order valence-electron chi connectivity index (χ1n) is 6.21. The first-order valence-corrected chi connectivity index (χ1v) is 8.27. The van der Waals surface area contributed by atoms with E-state index in [4.69, 9.17) is 5.11 Å². The number of carbonyl (C=O) groups excluding carboxylic acids is 1. The number of para-hydroxylation sites is 1. The second-order valence-electron chi connectivity index (χ2n) is 4.76. The predicted octanol–water partition coefficient (Wildman–Crippen LogP) is 0.720. The minimum atomic E-state index is -3.23. The molecule has 2 N–H and O–H groups in total. The van der Waals surface area contributed by atoms with Crippen molar-refractivity contribution in [3.05, 3.63) is 30.3 Å². The number of nitrogens with zero attached hydrogens (tertiary/aromatic N) is 1. The van der Waals surface area contributed by atoms with Gasteiger partial charge in [-0.2, -0.15) is 0 Å². The van der Waals surface area contributed by atoms with Gasteiger partial charge in [-0.15, -0.1) is 0 Å². The largest absolute Gasteiger partial charge is 0.480 e. The van der Waals surface area contributed by atoms with Crippen molar-refractivity contribution in [2.45, 2.75) is 13.0 Å². The normalized spacial score (nSPS) is 12.5. The molecule has 1 atom stereocenters. The van der Waals surface area contributed by atoms with Crippen molar-refractivity contribution in [1.82, 2.24) is 5.32 Å². The minimum Gasteiger partial charge on any atom is -0.480 e. The molecular weight excluding hydrogens is 296 g/mol. The van der Waals surface area contributed by atoms with E-state index >= 15 is 0 Å². The first-order chi connectivity index (χ1) is 9.69. The minimum absolute atomic E-state index is 0.214. The standard InChI is InChI=1S/C13H18N2O5S/c1-10(9-21(2,19)20)14-13(18)15(8-12(16)17)11-6-4-3-5-7-11/h3-7,10H,8-9H2,1-2H3,(H,14,18)(H,16,17). The van der Waals surface area contributed by atoms with Gasteiger partial charge in [-0.25, -0.2) is 13.2 Å². The Morgan fingerprint density at radius 1 is 1.29 bits per heavy atom. The van der Waals surface area contributed by atoms with Gasteiger partial charge in [0.2, 0.25) is 0 Å². The fourth-order valence-electron chi connectivity index (χ4n) is 1.81. The van der Waals surface area contributed by atoms with Gasteiger partial charge in [0.05, 0.1) is 5.75 Å². The maximum Gasteiger partial charge on any atom is 0.323 e. The zero-order valence-electron chi connectivity index (χ0n) is 11.8. The van der Waals surface area contributed by atoms with E-state index < -0.39 is 34.4 Å². The Kier molecular flexibility index (Phi) is 5.71. The van der Waals surface area contributed by atoms with Gasteiger partial charge in [-0.3, -0.25) is 9.69 Å². The van der Waals surface area contributed by atoms with Crippen molar-refractivity contribution in [2.24, 2.45) is 0 Å². The number of carbonyl (C=O) groups is 2. The number of nitrogens with one attached hydrogen (secondary N) is 1. The van der Waals surface area contributed by atoms with Gasteiger partial charge in [-0.05, 0) is 19.1 Å². The molecule has 0 radical (unpaired) electrons. The Bertz CT molecular complexity index is 600. The average molecular weight is 314 g/mol. The van der Waals surface area contributed by atoms with Crippen molar-refractivity contribution in [2.75, 3.05) is 23.5 Å². The number of sulfone groups is 1. The van der Waals surface area contributed by atoms with Gasteiger partial charge in [0.15, 0.2) is 0 Å². The van der Waals surface area contributed by atoms with E-state index in [0.29, 0.717) is 5.69 Å². The number of hydrogen-bond acceptors (Lipinski definition) is 4. The van der Waals surface area contributed by atoms with Crippen LogP contribution >= 0.6 is 0 Å². The molecule has 1 rings (SSSR count). The van der Waals surface area contributed by atoms with Crippen LogP contribution in [-0.2, 0) is 14.6 Å². The molecule has 2 amide bonds. The molecule has 8 heteroatoms. The van der Waals surface area contributed by atoms with Crippen molar-refractivity contribution >= 4 is 27.5 Å². The summed E-state index contributed by atoms with van der Waals surface area (Å²) in [7, 11) is -3.23. The maximum atomic E-state index is 12.1. The third-order valence-electron chi connectivity index (χ3n) is 2.53. The Balaban J connectivity index is 2.84. The SMILES string of the molecule is CC(CS(C)(=O)=O)NC(=O)N(CC(=O)O)c1ccccc1. The lowest BCUT2D eigenvalue weighted by molar-refractivity contribution is -0.135. The maximum absolute atomic E-state index is 12.1. The molecule has 7 nitrogen and oxygen atoms in total. The smallest absolute Gasteiger partial charge is 0.323 e. The molecule has 116 valence electrons. The zero-order valence-corrected chi connectivity index (χ0v) is 12.6. The molecule has 0 spiro atoms. The lowest BCUT2D eigenvalue weighted by Gasteiger charge is -2.23. The lowest BCUT2D eigenvalue weighted by atomic mass is 10.3. The molecule has 1 aromatic rings. The van der Waals surface area contributed by atoms with Gasteiger partial charge in [-0.1, -0.05) is 18.2 Å². The molecule has 21 heavy (non-hydrogen) atoms. The lowest BCUT2D eigenvalue weighted by Crippen LogP contribution is -2.47. The van der Waals surface area contributed by atoms with E-state index in [2.05, 4.69) is 5.32 Å². The molecular formula is C13H18N2O5S. The summed E-state index contributed by atoms with van der Waals surface area (Å²) in [6, 6.07) is 7.03. The molecule has 1 aromatic carbocycles. The summed E-state index contributed by atoms with van der Waals surface area (Å²) >= 11 is 0. The van der Waals surface area contributed by atoms with Crippen LogP contribution in [0.5, 0.6) is 0 Å². The third-order valence-corrected chi connectivity index (χ3v) is 3.63. The summed E-state index contributed by atoms with van der Waals surface area (Å²) in [5.74, 6) is -1.38. The number of anilines is 1. The van der Waals surface area contributed by atoms with Crippen LogP contribution in [0.25, 0.3) is 0 Å². The van der Waals surface area contributed by atoms with E-state index in [-0.39, 0.29) is 5.75 Å². The number of carboxylic acids is 1. The predicted molar refractivity (Wildman–Crippen MR) is 79.1 cm³/mol. The molecule has 0 aliphatic carbocycles. The van der Waals surface area contributed by atoms with Gasteiger partial charge >= 0.3 is 12.0 Å². The van der Waals surface area contributed by atoms with Crippen LogP contribution in [0.4, 0.5) is 10.5 Å². The fraction of sp³-hybridized carbons (Fsp3) is 0.385. The highest BCUT2D eigenvalue weighted by molar-refractivity contribution is 7.90. The topological polar surface area (TPSA) is 104 Å². The summed E-state index contributed by atoms with van der Waals surface area (Å²) in [6.45, 7) is 1.03. The second-order valence-corrected chi connectivity index (χ2v) is 6.94. The van der Waals surface area contributed by atoms with Gasteiger partial charge < -0.3 is 10.4 Å². The molecule has 0 fully saturated rings. The number of carboxylic acid groups (broad SMARTS) is 1. The van der Waals surface area contributed by atoms with Crippen LogP contribution in [0.3, 0.4) is 0 Å². The van der Waals surface area contributed by atoms with Gasteiger partial charge in [0, 0.05) is 18.0 Å². The summed E-state index contributed by atoms with van der Waals surface area (Å²) in [5, 5.41) is 11.4. The van der Waals surface area contributed by atoms with Crippen molar-refractivity contribution in [1.29, 1.82) is 0 Å². The first kappa shape index (κ1) is 17.0. The number of benzene rings is 1. The second kappa shape index (κ2) is 7.07. The van der Waals surface area contributed by atoms with E-state index in [1.165, 1.54) is 0 Å². The van der Waals surface area contributed by atoms with Gasteiger partial charge in [0.1, 0.15) is 16.4 Å². The van der Waals surface area contributed by atoms with E-state index in [1.807, 2.05) is 0 Å².